The number of hydrogen-bond acceptors (Lipinski definition) is 2. The van der Waals surface area contributed by atoms with Crippen molar-refractivity contribution < 1.29 is 9.53 Å². The van der Waals surface area contributed by atoms with Gasteiger partial charge in [0.15, 0.2) is 0 Å². The van der Waals surface area contributed by atoms with E-state index in [1.807, 2.05) is 11.0 Å². The maximum atomic E-state index is 12.2. The van der Waals surface area contributed by atoms with Crippen LogP contribution in [0.3, 0.4) is 0 Å². The lowest BCUT2D eigenvalue weighted by atomic mass is 10.1. The van der Waals surface area contributed by atoms with Gasteiger partial charge in [0.05, 0.1) is 6.04 Å². The molecule has 0 N–H and O–H groups in total. The molecule has 0 saturated heterocycles. The van der Waals surface area contributed by atoms with Crippen LogP contribution >= 0.6 is 0 Å². The minimum atomic E-state index is -0.137. The Labute approximate surface area is 108 Å². The lowest BCUT2D eigenvalue weighted by Crippen LogP contribution is -2.42. The summed E-state index contributed by atoms with van der Waals surface area (Å²) in [5, 5.41) is 0. The van der Waals surface area contributed by atoms with Crippen molar-refractivity contribution in [2.24, 2.45) is 0 Å². The van der Waals surface area contributed by atoms with Crippen LogP contribution in [0.4, 0.5) is 4.79 Å². The molecule has 0 spiro atoms. The van der Waals surface area contributed by atoms with Crippen LogP contribution in [-0.2, 0) is 11.3 Å². The van der Waals surface area contributed by atoms with E-state index in [1.165, 1.54) is 18.5 Å². The molecule has 1 aromatic rings. The molecule has 1 saturated carbocycles. The van der Waals surface area contributed by atoms with Crippen molar-refractivity contribution in [3.8, 4) is 0 Å². The first-order chi connectivity index (χ1) is 8.75. The molecule has 3 rings (SSSR count). The average Bonchev–Trinajstić information content (AvgIpc) is 2.99. The highest BCUT2D eigenvalue weighted by Gasteiger charge is 2.30. The number of rotatable bonds is 1. The summed E-state index contributed by atoms with van der Waals surface area (Å²) in [5.74, 6) is 0. The van der Waals surface area contributed by atoms with E-state index >= 15 is 0 Å². The molecule has 0 aromatic carbocycles. The van der Waals surface area contributed by atoms with E-state index in [0.29, 0.717) is 0 Å². The summed E-state index contributed by atoms with van der Waals surface area (Å²) in [7, 11) is 0. The third-order valence-corrected chi connectivity index (χ3v) is 4.15. The van der Waals surface area contributed by atoms with E-state index in [0.717, 1.165) is 25.9 Å². The van der Waals surface area contributed by atoms with Crippen molar-refractivity contribution in [3.05, 3.63) is 24.0 Å². The fourth-order valence-electron chi connectivity index (χ4n) is 3.04. The Morgan fingerprint density at radius 3 is 2.89 bits per heavy atom. The third-order valence-electron chi connectivity index (χ3n) is 4.15. The molecule has 0 bridgehead atoms. The predicted octanol–water partition coefficient (Wildman–Crippen LogP) is 2.94. The van der Waals surface area contributed by atoms with Gasteiger partial charge in [-0.25, -0.2) is 4.79 Å². The monoisotopic (exact) mass is 248 g/mol. The molecule has 1 amide bonds. The smallest absolute Gasteiger partial charge is 0.410 e. The van der Waals surface area contributed by atoms with Gasteiger partial charge in [0.1, 0.15) is 6.10 Å². The number of aromatic nitrogens is 1. The number of amides is 1. The molecule has 2 aliphatic rings. The van der Waals surface area contributed by atoms with Crippen LogP contribution in [0.1, 0.15) is 44.3 Å². The number of nitrogens with zero attached hydrogens (tertiary/aromatic N) is 2. The summed E-state index contributed by atoms with van der Waals surface area (Å²) in [4.78, 5) is 14.0. The molecule has 2 heterocycles. The quantitative estimate of drug-likeness (QED) is 0.765. The SMILES string of the molecule is CC1c2cccn2CCN1C(=O)OC1CCCC1. The Balaban J connectivity index is 1.68. The average molecular weight is 248 g/mol. The summed E-state index contributed by atoms with van der Waals surface area (Å²) < 4.78 is 7.80. The Morgan fingerprint density at radius 2 is 2.11 bits per heavy atom. The lowest BCUT2D eigenvalue weighted by molar-refractivity contribution is 0.0480. The van der Waals surface area contributed by atoms with E-state index in [2.05, 4.69) is 23.8 Å². The van der Waals surface area contributed by atoms with Gasteiger partial charge in [0.2, 0.25) is 0 Å². The van der Waals surface area contributed by atoms with E-state index in [1.54, 1.807) is 0 Å². The molecule has 1 fully saturated rings. The number of carbonyl (C=O) groups excluding carboxylic acids is 1. The first kappa shape index (κ1) is 11.6. The second-order valence-electron chi connectivity index (χ2n) is 5.29. The highest BCUT2D eigenvalue weighted by Crippen LogP contribution is 2.28. The Bertz CT molecular complexity index is 435. The summed E-state index contributed by atoms with van der Waals surface area (Å²) >= 11 is 0. The molecule has 0 radical (unpaired) electrons. The second kappa shape index (κ2) is 4.67. The van der Waals surface area contributed by atoms with Crippen LogP contribution < -0.4 is 0 Å². The molecule has 1 aliphatic carbocycles. The van der Waals surface area contributed by atoms with Gasteiger partial charge in [-0.2, -0.15) is 0 Å². The van der Waals surface area contributed by atoms with E-state index in [4.69, 9.17) is 4.74 Å². The largest absolute Gasteiger partial charge is 0.446 e. The van der Waals surface area contributed by atoms with Crippen LogP contribution in [-0.4, -0.2) is 28.2 Å². The van der Waals surface area contributed by atoms with Crippen LogP contribution in [0.5, 0.6) is 0 Å². The zero-order valence-corrected chi connectivity index (χ0v) is 10.8. The van der Waals surface area contributed by atoms with Crippen molar-refractivity contribution in [1.29, 1.82) is 0 Å². The number of carbonyl (C=O) groups is 1. The molecule has 1 aliphatic heterocycles. The number of hydrogen-bond donors (Lipinski definition) is 0. The van der Waals surface area contributed by atoms with Crippen molar-refractivity contribution in [1.82, 2.24) is 9.47 Å². The Hall–Kier alpha value is -1.45. The maximum absolute atomic E-state index is 12.2. The molecule has 18 heavy (non-hydrogen) atoms. The second-order valence-corrected chi connectivity index (χ2v) is 5.29. The zero-order chi connectivity index (χ0) is 12.5. The zero-order valence-electron chi connectivity index (χ0n) is 10.8. The van der Waals surface area contributed by atoms with E-state index in [9.17, 15) is 4.79 Å². The molecule has 1 aromatic heterocycles. The van der Waals surface area contributed by atoms with E-state index in [-0.39, 0.29) is 18.2 Å². The van der Waals surface area contributed by atoms with Gasteiger partial charge in [-0.15, -0.1) is 0 Å². The van der Waals surface area contributed by atoms with E-state index < -0.39 is 0 Å². The van der Waals surface area contributed by atoms with Crippen LogP contribution in [0, 0.1) is 0 Å². The summed E-state index contributed by atoms with van der Waals surface area (Å²) in [6.45, 7) is 3.68. The normalized spacial score (nSPS) is 24.1. The molecule has 1 atom stereocenters. The van der Waals surface area contributed by atoms with Gasteiger partial charge in [0.25, 0.3) is 0 Å². The Morgan fingerprint density at radius 1 is 1.33 bits per heavy atom. The highest BCUT2D eigenvalue weighted by molar-refractivity contribution is 5.68. The van der Waals surface area contributed by atoms with Gasteiger partial charge in [-0.05, 0) is 44.7 Å². The minimum Gasteiger partial charge on any atom is -0.446 e. The summed E-state index contributed by atoms with van der Waals surface area (Å²) in [6.07, 6.45) is 6.53. The van der Waals surface area contributed by atoms with Crippen molar-refractivity contribution in [2.75, 3.05) is 6.54 Å². The molecule has 98 valence electrons. The van der Waals surface area contributed by atoms with Crippen molar-refractivity contribution in [3.63, 3.8) is 0 Å². The predicted molar refractivity (Wildman–Crippen MR) is 68.3 cm³/mol. The standard InChI is InChI=1S/C14H20N2O2/c1-11-13-7-4-8-15(13)9-10-16(11)14(17)18-12-5-2-3-6-12/h4,7-8,11-12H,2-3,5-6,9-10H2,1H3. The number of fused-ring (bicyclic) bond motifs is 1. The maximum Gasteiger partial charge on any atom is 0.410 e. The molecule has 4 heteroatoms. The first-order valence-corrected chi connectivity index (χ1v) is 6.88. The fourth-order valence-corrected chi connectivity index (χ4v) is 3.04. The van der Waals surface area contributed by atoms with Crippen LogP contribution in [0.15, 0.2) is 18.3 Å². The first-order valence-electron chi connectivity index (χ1n) is 6.88. The van der Waals surface area contributed by atoms with Gasteiger partial charge in [-0.3, -0.25) is 4.90 Å². The van der Waals surface area contributed by atoms with Crippen molar-refractivity contribution >= 4 is 6.09 Å². The highest BCUT2D eigenvalue weighted by atomic mass is 16.6. The Kier molecular flexibility index (Phi) is 3.02. The van der Waals surface area contributed by atoms with Gasteiger partial charge < -0.3 is 9.30 Å². The van der Waals surface area contributed by atoms with Crippen molar-refractivity contribution in [2.45, 2.75) is 51.3 Å². The lowest BCUT2D eigenvalue weighted by Gasteiger charge is -2.34. The molecule has 4 nitrogen and oxygen atoms in total. The van der Waals surface area contributed by atoms with Gasteiger partial charge in [-0.1, -0.05) is 0 Å². The van der Waals surface area contributed by atoms with Crippen LogP contribution in [0.25, 0.3) is 0 Å². The minimum absolute atomic E-state index is 0.114. The summed E-state index contributed by atoms with van der Waals surface area (Å²) in [5.41, 5.74) is 1.20. The summed E-state index contributed by atoms with van der Waals surface area (Å²) in [6, 6.07) is 4.24. The van der Waals surface area contributed by atoms with Gasteiger partial charge >= 0.3 is 6.09 Å². The third kappa shape index (κ3) is 2.00. The van der Waals surface area contributed by atoms with Gasteiger partial charge in [0, 0.05) is 25.0 Å². The molecule has 1 unspecified atom stereocenters. The molecular weight excluding hydrogens is 228 g/mol. The topological polar surface area (TPSA) is 34.5 Å². The fraction of sp³-hybridized carbons (Fsp3) is 0.643. The molecular formula is C14H20N2O2. The van der Waals surface area contributed by atoms with Crippen LogP contribution in [0.2, 0.25) is 0 Å². The number of ether oxygens (including phenoxy) is 1.